The van der Waals surface area contributed by atoms with Crippen LogP contribution < -0.4 is 5.84 Å². The summed E-state index contributed by atoms with van der Waals surface area (Å²) in [4.78, 5) is 14.7. The summed E-state index contributed by atoms with van der Waals surface area (Å²) in [5.41, 5.74) is 1.74. The fraction of sp³-hybridized carbons (Fsp3) is 0.632. The highest BCUT2D eigenvalue weighted by Gasteiger charge is 2.25. The summed E-state index contributed by atoms with van der Waals surface area (Å²) in [6.07, 6.45) is 4.31. The molecule has 0 aliphatic heterocycles. The van der Waals surface area contributed by atoms with E-state index < -0.39 is 0 Å². The molecule has 1 aromatic carbocycles. The van der Waals surface area contributed by atoms with Gasteiger partial charge in [-0.2, -0.15) is 0 Å². The average molecular weight is 333 g/mol. The average Bonchev–Trinajstić information content (AvgIpc) is 3.07. The monoisotopic (exact) mass is 333 g/mol. The third kappa shape index (κ3) is 4.79. The van der Waals surface area contributed by atoms with E-state index in [0.717, 1.165) is 37.8 Å². The molecule has 1 aromatic rings. The van der Waals surface area contributed by atoms with Crippen molar-refractivity contribution in [2.45, 2.75) is 64.6 Å². The van der Waals surface area contributed by atoms with Gasteiger partial charge in [0.1, 0.15) is 0 Å². The van der Waals surface area contributed by atoms with E-state index >= 15 is 0 Å². The first-order valence-electron chi connectivity index (χ1n) is 8.86. The topological polar surface area (TPSA) is 69.8 Å². The Morgan fingerprint density at radius 1 is 1.21 bits per heavy atom. The maximum Gasteiger partial charge on any atom is 0.268 e. The minimum atomic E-state index is -0.100. The molecule has 0 radical (unpaired) electrons. The van der Waals surface area contributed by atoms with E-state index in [1.165, 1.54) is 5.01 Å². The largest absolute Gasteiger partial charge is 0.395 e. The zero-order valence-electron chi connectivity index (χ0n) is 15.2. The summed E-state index contributed by atoms with van der Waals surface area (Å²) in [7, 11) is 0. The van der Waals surface area contributed by atoms with Crippen molar-refractivity contribution in [1.29, 1.82) is 0 Å². The van der Waals surface area contributed by atoms with E-state index in [1.54, 1.807) is 0 Å². The van der Waals surface area contributed by atoms with E-state index in [9.17, 15) is 9.90 Å². The maximum absolute atomic E-state index is 12.5. The predicted molar refractivity (Wildman–Crippen MR) is 96.3 cm³/mol. The third-order valence-corrected chi connectivity index (χ3v) is 4.85. The SMILES string of the molecule is CC(C)(C)N(CCO)Cc1ccc(C(=O)N(N)C2CCCC2)cc1. The van der Waals surface area contributed by atoms with Gasteiger partial charge in [-0.1, -0.05) is 25.0 Å². The van der Waals surface area contributed by atoms with Crippen molar-refractivity contribution >= 4 is 5.91 Å². The number of aliphatic hydroxyl groups excluding tert-OH is 1. The number of benzene rings is 1. The molecule has 1 fully saturated rings. The Balaban J connectivity index is 2.02. The number of aliphatic hydroxyl groups is 1. The van der Waals surface area contributed by atoms with Crippen LogP contribution in [0.25, 0.3) is 0 Å². The van der Waals surface area contributed by atoms with E-state index in [1.807, 2.05) is 24.3 Å². The van der Waals surface area contributed by atoms with Crippen molar-refractivity contribution < 1.29 is 9.90 Å². The molecular formula is C19H31N3O2. The lowest BCUT2D eigenvalue weighted by molar-refractivity contribution is 0.0681. The van der Waals surface area contributed by atoms with Crippen molar-refractivity contribution in [3.63, 3.8) is 0 Å². The van der Waals surface area contributed by atoms with Crippen molar-refractivity contribution in [2.24, 2.45) is 5.84 Å². The number of hydrogen-bond acceptors (Lipinski definition) is 4. The molecule has 0 unspecified atom stereocenters. The highest BCUT2D eigenvalue weighted by Crippen LogP contribution is 2.23. The lowest BCUT2D eigenvalue weighted by Gasteiger charge is -2.35. The molecule has 24 heavy (non-hydrogen) atoms. The molecule has 0 aromatic heterocycles. The fourth-order valence-electron chi connectivity index (χ4n) is 3.24. The predicted octanol–water partition coefficient (Wildman–Crippen LogP) is 2.54. The van der Waals surface area contributed by atoms with Gasteiger partial charge in [0.2, 0.25) is 0 Å². The first kappa shape index (κ1) is 18.9. The van der Waals surface area contributed by atoms with Gasteiger partial charge in [-0.15, -0.1) is 0 Å². The lowest BCUT2D eigenvalue weighted by atomic mass is 10.0. The zero-order valence-corrected chi connectivity index (χ0v) is 15.2. The number of hydrazine groups is 1. The molecule has 1 aliphatic carbocycles. The van der Waals surface area contributed by atoms with Crippen LogP contribution in [0.3, 0.4) is 0 Å². The molecular weight excluding hydrogens is 302 g/mol. The number of hydrogen-bond donors (Lipinski definition) is 2. The maximum atomic E-state index is 12.5. The van der Waals surface area contributed by atoms with Crippen molar-refractivity contribution in [1.82, 2.24) is 9.91 Å². The minimum absolute atomic E-state index is 0.0201. The van der Waals surface area contributed by atoms with Crippen LogP contribution in [0.5, 0.6) is 0 Å². The molecule has 0 spiro atoms. The zero-order chi connectivity index (χ0) is 17.7. The van der Waals surface area contributed by atoms with Gasteiger partial charge < -0.3 is 5.11 Å². The van der Waals surface area contributed by atoms with Crippen LogP contribution in [-0.4, -0.2) is 45.7 Å². The van der Waals surface area contributed by atoms with Gasteiger partial charge in [-0.3, -0.25) is 14.7 Å². The molecule has 1 amide bonds. The van der Waals surface area contributed by atoms with Gasteiger partial charge in [-0.25, -0.2) is 5.84 Å². The van der Waals surface area contributed by atoms with E-state index in [2.05, 4.69) is 25.7 Å². The van der Waals surface area contributed by atoms with Gasteiger partial charge in [0.25, 0.3) is 5.91 Å². The Bertz CT molecular complexity index is 531. The molecule has 0 saturated heterocycles. The van der Waals surface area contributed by atoms with Gasteiger partial charge in [0.05, 0.1) is 6.61 Å². The van der Waals surface area contributed by atoms with Crippen molar-refractivity contribution in [3.05, 3.63) is 35.4 Å². The summed E-state index contributed by atoms with van der Waals surface area (Å²) in [6, 6.07) is 7.84. The summed E-state index contributed by atoms with van der Waals surface area (Å²) in [6.45, 7) is 7.91. The Morgan fingerprint density at radius 3 is 2.29 bits per heavy atom. The molecule has 2 rings (SSSR count). The van der Waals surface area contributed by atoms with Gasteiger partial charge in [0, 0.05) is 30.2 Å². The summed E-state index contributed by atoms with van der Waals surface area (Å²) in [5.74, 6) is 5.92. The van der Waals surface area contributed by atoms with Gasteiger partial charge in [-0.05, 0) is 51.3 Å². The molecule has 5 nitrogen and oxygen atoms in total. The van der Waals surface area contributed by atoms with Crippen LogP contribution in [-0.2, 0) is 6.54 Å². The molecule has 5 heteroatoms. The number of nitrogens with zero attached hydrogens (tertiary/aromatic N) is 2. The molecule has 1 saturated carbocycles. The molecule has 134 valence electrons. The van der Waals surface area contributed by atoms with Crippen LogP contribution >= 0.6 is 0 Å². The van der Waals surface area contributed by atoms with Crippen molar-refractivity contribution in [3.8, 4) is 0 Å². The first-order valence-corrected chi connectivity index (χ1v) is 8.86. The van der Waals surface area contributed by atoms with Crippen LogP contribution in [0.15, 0.2) is 24.3 Å². The van der Waals surface area contributed by atoms with E-state index in [0.29, 0.717) is 12.1 Å². The van der Waals surface area contributed by atoms with Crippen LogP contribution in [0.1, 0.15) is 62.4 Å². The number of carbonyl (C=O) groups excluding carboxylic acids is 1. The fourth-order valence-corrected chi connectivity index (χ4v) is 3.24. The first-order chi connectivity index (χ1) is 11.3. The summed E-state index contributed by atoms with van der Waals surface area (Å²) in [5, 5.41) is 10.7. The Hall–Kier alpha value is -1.43. The molecule has 0 atom stereocenters. The Kier molecular flexibility index (Phi) is 6.38. The summed E-state index contributed by atoms with van der Waals surface area (Å²) < 4.78 is 0. The number of amides is 1. The second kappa shape index (κ2) is 8.10. The van der Waals surface area contributed by atoms with Gasteiger partial charge >= 0.3 is 0 Å². The minimum Gasteiger partial charge on any atom is -0.395 e. The second-order valence-corrected chi connectivity index (χ2v) is 7.66. The lowest BCUT2D eigenvalue weighted by Crippen LogP contribution is -2.44. The van der Waals surface area contributed by atoms with Crippen LogP contribution in [0, 0.1) is 0 Å². The second-order valence-electron chi connectivity index (χ2n) is 7.66. The molecule has 3 N–H and O–H groups in total. The van der Waals surface area contributed by atoms with Crippen LogP contribution in [0.4, 0.5) is 0 Å². The van der Waals surface area contributed by atoms with E-state index in [-0.39, 0.29) is 24.1 Å². The quantitative estimate of drug-likeness (QED) is 0.477. The number of nitrogens with two attached hydrogens (primary N) is 1. The Labute approximate surface area is 145 Å². The molecule has 0 heterocycles. The number of carbonyl (C=O) groups is 1. The standard InChI is InChI=1S/C19H31N3O2/c1-19(2,3)21(12-13-23)14-15-8-10-16(11-9-15)18(24)22(20)17-6-4-5-7-17/h8-11,17,23H,4-7,12-14,20H2,1-3H3. The smallest absolute Gasteiger partial charge is 0.268 e. The van der Waals surface area contributed by atoms with Crippen molar-refractivity contribution in [2.75, 3.05) is 13.2 Å². The number of β-amino-alcohol motifs (C(OH)–C–C–N with tert-alkyl or cyclic N) is 1. The van der Waals surface area contributed by atoms with Gasteiger partial charge in [0.15, 0.2) is 0 Å². The van der Waals surface area contributed by atoms with Crippen LogP contribution in [0.2, 0.25) is 0 Å². The Morgan fingerprint density at radius 2 is 1.79 bits per heavy atom. The normalized spacial score (nSPS) is 15.9. The van der Waals surface area contributed by atoms with E-state index in [4.69, 9.17) is 5.84 Å². The third-order valence-electron chi connectivity index (χ3n) is 4.85. The molecule has 0 bridgehead atoms. The molecule has 1 aliphatic rings. The highest BCUT2D eigenvalue weighted by atomic mass is 16.3. The highest BCUT2D eigenvalue weighted by molar-refractivity contribution is 5.94. The number of rotatable bonds is 6. The summed E-state index contributed by atoms with van der Waals surface area (Å²) >= 11 is 0.